The molecule has 0 fully saturated rings. The first-order valence-corrected chi connectivity index (χ1v) is 6.76. The lowest BCUT2D eigenvalue weighted by molar-refractivity contribution is 0.0773. The van der Waals surface area contributed by atoms with E-state index in [-0.39, 0.29) is 5.91 Å². The molecule has 0 radical (unpaired) electrons. The molecule has 0 atom stereocenters. The molecular weight excluding hydrogens is 268 g/mol. The Morgan fingerprint density at radius 1 is 1.48 bits per heavy atom. The highest BCUT2D eigenvalue weighted by molar-refractivity contribution is 5.97. The van der Waals surface area contributed by atoms with Gasteiger partial charge in [0.15, 0.2) is 0 Å². The van der Waals surface area contributed by atoms with Gasteiger partial charge in [0.05, 0.1) is 19.0 Å². The van der Waals surface area contributed by atoms with Gasteiger partial charge < -0.3 is 15.4 Å². The molecule has 2 aromatic rings. The maximum atomic E-state index is 12.5. The Labute approximate surface area is 124 Å². The smallest absolute Gasteiger partial charge is 0.274 e. The zero-order valence-electron chi connectivity index (χ0n) is 12.5. The molecule has 1 aromatic heterocycles. The summed E-state index contributed by atoms with van der Waals surface area (Å²) in [7, 11) is 3.36. The predicted molar refractivity (Wildman–Crippen MR) is 81.1 cm³/mol. The molecule has 6 heteroatoms. The SMILES string of the molecule is CCn1ncc(N)c1C(=O)N(C)Cc1cccc(OC)c1. The van der Waals surface area contributed by atoms with Gasteiger partial charge in [-0.2, -0.15) is 5.10 Å². The van der Waals surface area contributed by atoms with E-state index in [9.17, 15) is 4.79 Å². The summed E-state index contributed by atoms with van der Waals surface area (Å²) in [5.41, 5.74) is 7.67. The fourth-order valence-corrected chi connectivity index (χ4v) is 2.17. The molecule has 0 aliphatic rings. The number of carbonyl (C=O) groups excluding carboxylic acids is 1. The normalized spacial score (nSPS) is 10.4. The van der Waals surface area contributed by atoms with Crippen LogP contribution in [-0.2, 0) is 13.1 Å². The molecule has 0 aliphatic heterocycles. The molecule has 6 nitrogen and oxygen atoms in total. The van der Waals surface area contributed by atoms with Crippen molar-refractivity contribution in [2.24, 2.45) is 0 Å². The topological polar surface area (TPSA) is 73.4 Å². The van der Waals surface area contributed by atoms with E-state index in [1.807, 2.05) is 31.2 Å². The Morgan fingerprint density at radius 3 is 2.90 bits per heavy atom. The van der Waals surface area contributed by atoms with Crippen LogP contribution in [0.1, 0.15) is 23.0 Å². The molecule has 112 valence electrons. The van der Waals surface area contributed by atoms with E-state index in [2.05, 4.69) is 5.10 Å². The van der Waals surface area contributed by atoms with Crippen molar-refractivity contribution >= 4 is 11.6 Å². The van der Waals surface area contributed by atoms with Gasteiger partial charge in [0, 0.05) is 20.1 Å². The van der Waals surface area contributed by atoms with Gasteiger partial charge >= 0.3 is 0 Å². The molecule has 21 heavy (non-hydrogen) atoms. The van der Waals surface area contributed by atoms with Crippen LogP contribution >= 0.6 is 0 Å². The second kappa shape index (κ2) is 6.30. The first-order chi connectivity index (χ1) is 10.1. The van der Waals surface area contributed by atoms with Crippen molar-refractivity contribution in [2.45, 2.75) is 20.0 Å². The summed E-state index contributed by atoms with van der Waals surface area (Å²) in [6, 6.07) is 7.63. The number of nitrogen functional groups attached to an aromatic ring is 1. The van der Waals surface area contributed by atoms with E-state index in [1.165, 1.54) is 6.20 Å². The lowest BCUT2D eigenvalue weighted by atomic mass is 10.2. The maximum Gasteiger partial charge on any atom is 0.274 e. The van der Waals surface area contributed by atoms with Crippen molar-refractivity contribution in [1.29, 1.82) is 0 Å². The summed E-state index contributed by atoms with van der Waals surface area (Å²) in [4.78, 5) is 14.1. The number of hydrogen-bond donors (Lipinski definition) is 1. The first-order valence-electron chi connectivity index (χ1n) is 6.76. The maximum absolute atomic E-state index is 12.5. The van der Waals surface area contributed by atoms with Gasteiger partial charge in [-0.15, -0.1) is 0 Å². The number of hydrogen-bond acceptors (Lipinski definition) is 4. The van der Waals surface area contributed by atoms with Crippen molar-refractivity contribution in [3.63, 3.8) is 0 Å². The zero-order chi connectivity index (χ0) is 15.4. The first kappa shape index (κ1) is 14.9. The Kier molecular flexibility index (Phi) is 4.47. The molecule has 0 bridgehead atoms. The third kappa shape index (κ3) is 3.16. The van der Waals surface area contributed by atoms with Crippen LogP contribution in [0.2, 0.25) is 0 Å². The minimum atomic E-state index is -0.144. The number of amides is 1. The Bertz CT molecular complexity index is 636. The van der Waals surface area contributed by atoms with Gasteiger partial charge in [-0.1, -0.05) is 12.1 Å². The second-order valence-corrected chi connectivity index (χ2v) is 4.78. The van der Waals surface area contributed by atoms with Crippen LogP contribution in [0.4, 0.5) is 5.69 Å². The molecule has 1 aromatic carbocycles. The van der Waals surface area contributed by atoms with Gasteiger partial charge in [-0.05, 0) is 24.6 Å². The molecule has 0 saturated heterocycles. The quantitative estimate of drug-likeness (QED) is 0.910. The van der Waals surface area contributed by atoms with Crippen LogP contribution in [0.25, 0.3) is 0 Å². The summed E-state index contributed by atoms with van der Waals surface area (Å²) in [5.74, 6) is 0.626. The number of nitrogens with zero attached hydrogens (tertiary/aromatic N) is 3. The van der Waals surface area contributed by atoms with Crippen molar-refractivity contribution in [1.82, 2.24) is 14.7 Å². The van der Waals surface area contributed by atoms with E-state index in [4.69, 9.17) is 10.5 Å². The zero-order valence-corrected chi connectivity index (χ0v) is 12.5. The van der Waals surface area contributed by atoms with E-state index in [0.29, 0.717) is 24.5 Å². The lowest BCUT2D eigenvalue weighted by Gasteiger charge is -2.18. The standard InChI is InChI=1S/C15H20N4O2/c1-4-19-14(13(16)9-17-19)15(20)18(2)10-11-6-5-7-12(8-11)21-3/h5-9H,4,10,16H2,1-3H3. The number of ether oxygens (including phenoxy) is 1. The molecule has 1 amide bonds. The Morgan fingerprint density at radius 2 is 2.24 bits per heavy atom. The van der Waals surface area contributed by atoms with E-state index in [0.717, 1.165) is 11.3 Å². The molecular formula is C15H20N4O2. The van der Waals surface area contributed by atoms with E-state index < -0.39 is 0 Å². The Hall–Kier alpha value is -2.50. The highest BCUT2D eigenvalue weighted by atomic mass is 16.5. The van der Waals surface area contributed by atoms with Crippen LogP contribution in [0.3, 0.4) is 0 Å². The molecule has 1 heterocycles. The van der Waals surface area contributed by atoms with E-state index >= 15 is 0 Å². The van der Waals surface area contributed by atoms with Crippen molar-refractivity contribution in [3.05, 3.63) is 41.7 Å². The number of methoxy groups -OCH3 is 1. The minimum absolute atomic E-state index is 0.144. The monoisotopic (exact) mass is 288 g/mol. The third-order valence-electron chi connectivity index (χ3n) is 3.27. The molecule has 0 spiro atoms. The van der Waals surface area contributed by atoms with Gasteiger partial charge in [-0.3, -0.25) is 9.48 Å². The van der Waals surface area contributed by atoms with Gasteiger partial charge in [-0.25, -0.2) is 0 Å². The summed E-state index contributed by atoms with van der Waals surface area (Å²) in [5, 5.41) is 4.10. The number of benzene rings is 1. The summed E-state index contributed by atoms with van der Waals surface area (Å²) in [6.45, 7) is 3.00. The van der Waals surface area contributed by atoms with Crippen molar-refractivity contribution < 1.29 is 9.53 Å². The van der Waals surface area contributed by atoms with Crippen LogP contribution in [0.5, 0.6) is 5.75 Å². The molecule has 0 aliphatic carbocycles. The number of nitrogens with two attached hydrogens (primary N) is 1. The Balaban J connectivity index is 2.17. The number of aromatic nitrogens is 2. The molecule has 0 unspecified atom stereocenters. The van der Waals surface area contributed by atoms with Crippen molar-refractivity contribution in [3.8, 4) is 5.75 Å². The highest BCUT2D eigenvalue weighted by Crippen LogP contribution is 2.17. The molecule has 0 saturated carbocycles. The van der Waals surface area contributed by atoms with Crippen LogP contribution in [0.15, 0.2) is 30.5 Å². The van der Waals surface area contributed by atoms with Gasteiger partial charge in [0.25, 0.3) is 5.91 Å². The van der Waals surface area contributed by atoms with Crippen molar-refractivity contribution in [2.75, 3.05) is 19.9 Å². The van der Waals surface area contributed by atoms with Gasteiger partial charge in [0.2, 0.25) is 0 Å². The van der Waals surface area contributed by atoms with E-state index in [1.54, 1.807) is 23.7 Å². The van der Waals surface area contributed by atoms with Crippen LogP contribution in [-0.4, -0.2) is 34.7 Å². The number of rotatable bonds is 5. The summed E-state index contributed by atoms with van der Waals surface area (Å²) < 4.78 is 6.80. The fraction of sp³-hybridized carbons (Fsp3) is 0.333. The van der Waals surface area contributed by atoms with Gasteiger partial charge in [0.1, 0.15) is 11.4 Å². The summed E-state index contributed by atoms with van der Waals surface area (Å²) in [6.07, 6.45) is 1.51. The average Bonchev–Trinajstić information content (AvgIpc) is 2.87. The minimum Gasteiger partial charge on any atom is -0.497 e. The van der Waals surface area contributed by atoms with Crippen LogP contribution < -0.4 is 10.5 Å². The lowest BCUT2D eigenvalue weighted by Crippen LogP contribution is -2.29. The third-order valence-corrected chi connectivity index (χ3v) is 3.27. The summed E-state index contributed by atoms with van der Waals surface area (Å²) >= 11 is 0. The molecule has 2 N–H and O–H groups in total. The largest absolute Gasteiger partial charge is 0.497 e. The molecule has 2 rings (SSSR count). The van der Waals surface area contributed by atoms with Crippen LogP contribution in [0, 0.1) is 0 Å². The fourth-order valence-electron chi connectivity index (χ4n) is 2.17. The second-order valence-electron chi connectivity index (χ2n) is 4.78. The predicted octanol–water partition coefficient (Wildman–Crippen LogP) is 1.77. The number of anilines is 1. The average molecular weight is 288 g/mol. The number of aryl methyl sites for hydroxylation is 1. The number of carbonyl (C=O) groups is 1. The highest BCUT2D eigenvalue weighted by Gasteiger charge is 2.20.